The standard InChI is InChI=1S/C16H14N6O2/c1-8(2)15(23)17-9-3-4-11-10(7-9)16(24)22-13(18-11)6-5-12-14(22)20-21-19-12/h3-8H,1-2H3,(H,17,23)(H,19,20,21). The average Bonchev–Trinajstić information content (AvgIpc) is 3.03. The number of hydrogen-bond acceptors (Lipinski definition) is 5. The van der Waals surface area contributed by atoms with E-state index in [1.807, 2.05) is 13.8 Å². The summed E-state index contributed by atoms with van der Waals surface area (Å²) in [4.78, 5) is 29.2. The molecule has 0 unspecified atom stereocenters. The van der Waals surface area contributed by atoms with Crippen molar-refractivity contribution in [3.8, 4) is 0 Å². The first-order chi connectivity index (χ1) is 11.5. The highest BCUT2D eigenvalue weighted by Crippen LogP contribution is 2.18. The Morgan fingerprint density at radius 3 is 2.75 bits per heavy atom. The SMILES string of the molecule is CC(C)C(=O)Nc1ccc2nc3ccc4n[nH]nc4n3c(=O)c2c1. The lowest BCUT2D eigenvalue weighted by Crippen LogP contribution is -2.19. The Morgan fingerprint density at radius 1 is 1.17 bits per heavy atom. The Morgan fingerprint density at radius 2 is 1.96 bits per heavy atom. The Kier molecular flexibility index (Phi) is 3.05. The van der Waals surface area contributed by atoms with E-state index < -0.39 is 0 Å². The molecule has 1 amide bonds. The molecule has 8 heteroatoms. The smallest absolute Gasteiger partial charge is 0.267 e. The van der Waals surface area contributed by atoms with Crippen molar-refractivity contribution in [2.75, 3.05) is 5.32 Å². The van der Waals surface area contributed by atoms with Crippen LogP contribution in [0.1, 0.15) is 13.8 Å². The summed E-state index contributed by atoms with van der Waals surface area (Å²) in [6, 6.07) is 8.57. The predicted molar refractivity (Wildman–Crippen MR) is 89.9 cm³/mol. The molecule has 0 saturated carbocycles. The van der Waals surface area contributed by atoms with E-state index in [2.05, 4.69) is 25.7 Å². The summed E-state index contributed by atoms with van der Waals surface area (Å²) in [5.74, 6) is -0.256. The first-order valence-electron chi connectivity index (χ1n) is 7.51. The number of aromatic nitrogens is 5. The third-order valence-electron chi connectivity index (χ3n) is 3.84. The minimum Gasteiger partial charge on any atom is -0.326 e. The first-order valence-corrected chi connectivity index (χ1v) is 7.51. The molecule has 3 aromatic heterocycles. The van der Waals surface area contributed by atoms with Crippen LogP contribution in [0, 0.1) is 5.92 Å². The number of nitrogens with one attached hydrogen (secondary N) is 2. The Bertz CT molecular complexity index is 1160. The van der Waals surface area contributed by atoms with Gasteiger partial charge < -0.3 is 5.32 Å². The van der Waals surface area contributed by atoms with Crippen LogP contribution in [-0.2, 0) is 4.79 Å². The summed E-state index contributed by atoms with van der Waals surface area (Å²) in [6.45, 7) is 3.61. The van der Waals surface area contributed by atoms with Gasteiger partial charge >= 0.3 is 0 Å². The van der Waals surface area contributed by atoms with Gasteiger partial charge in [0.15, 0.2) is 5.65 Å². The molecular formula is C16H14N6O2. The molecule has 0 radical (unpaired) electrons. The van der Waals surface area contributed by atoms with Gasteiger partial charge in [-0.3, -0.25) is 9.59 Å². The van der Waals surface area contributed by atoms with Gasteiger partial charge in [0.25, 0.3) is 5.56 Å². The molecule has 0 aliphatic heterocycles. The molecule has 3 heterocycles. The molecule has 4 aromatic rings. The van der Waals surface area contributed by atoms with Gasteiger partial charge in [0.2, 0.25) is 5.91 Å². The maximum atomic E-state index is 12.9. The summed E-state index contributed by atoms with van der Waals surface area (Å²) < 4.78 is 1.41. The van der Waals surface area contributed by atoms with Gasteiger partial charge in [-0.2, -0.15) is 10.3 Å². The van der Waals surface area contributed by atoms with E-state index in [1.54, 1.807) is 30.3 Å². The largest absolute Gasteiger partial charge is 0.326 e. The highest BCUT2D eigenvalue weighted by atomic mass is 16.2. The number of fused-ring (bicyclic) bond motifs is 4. The quantitative estimate of drug-likeness (QED) is 0.547. The lowest BCUT2D eigenvalue weighted by Gasteiger charge is -2.09. The van der Waals surface area contributed by atoms with Crippen LogP contribution in [0.25, 0.3) is 27.7 Å². The molecule has 0 fully saturated rings. The van der Waals surface area contributed by atoms with Crippen LogP contribution in [0.15, 0.2) is 35.1 Å². The predicted octanol–water partition coefficient (Wildman–Crippen LogP) is 1.71. The van der Waals surface area contributed by atoms with Gasteiger partial charge in [0.05, 0.1) is 10.9 Å². The second-order valence-corrected chi connectivity index (χ2v) is 5.85. The van der Waals surface area contributed by atoms with Gasteiger partial charge in [-0.25, -0.2) is 9.38 Å². The molecule has 4 rings (SSSR count). The zero-order chi connectivity index (χ0) is 16.8. The monoisotopic (exact) mass is 322 g/mol. The maximum absolute atomic E-state index is 12.9. The number of benzene rings is 1. The zero-order valence-corrected chi connectivity index (χ0v) is 13.1. The summed E-state index contributed by atoms with van der Waals surface area (Å²) in [5.41, 5.74) is 2.36. The molecule has 8 nitrogen and oxygen atoms in total. The molecule has 1 aromatic carbocycles. The molecule has 2 N–H and O–H groups in total. The summed E-state index contributed by atoms with van der Waals surface area (Å²) in [6.07, 6.45) is 0. The lowest BCUT2D eigenvalue weighted by atomic mass is 10.2. The fraction of sp³-hybridized carbons (Fsp3) is 0.188. The van der Waals surface area contributed by atoms with Gasteiger partial charge in [-0.1, -0.05) is 13.8 Å². The van der Waals surface area contributed by atoms with E-state index in [0.717, 1.165) is 0 Å². The Hall–Kier alpha value is -3.29. The number of carbonyl (C=O) groups excluding carboxylic acids is 1. The molecule has 24 heavy (non-hydrogen) atoms. The number of amides is 1. The molecule has 0 atom stereocenters. The van der Waals surface area contributed by atoms with E-state index >= 15 is 0 Å². The van der Waals surface area contributed by atoms with Crippen LogP contribution in [0.3, 0.4) is 0 Å². The fourth-order valence-electron chi connectivity index (χ4n) is 2.55. The van der Waals surface area contributed by atoms with Crippen molar-refractivity contribution in [2.45, 2.75) is 13.8 Å². The number of aromatic amines is 1. The van der Waals surface area contributed by atoms with Crippen LogP contribution in [0.5, 0.6) is 0 Å². The Labute approximate surface area is 135 Å². The highest BCUT2D eigenvalue weighted by molar-refractivity contribution is 5.95. The maximum Gasteiger partial charge on any atom is 0.267 e. The summed E-state index contributed by atoms with van der Waals surface area (Å²) in [5, 5.41) is 13.7. The van der Waals surface area contributed by atoms with Crippen molar-refractivity contribution in [3.63, 3.8) is 0 Å². The van der Waals surface area contributed by atoms with E-state index in [0.29, 0.717) is 33.4 Å². The molecular weight excluding hydrogens is 308 g/mol. The molecule has 0 aliphatic rings. The highest BCUT2D eigenvalue weighted by Gasteiger charge is 2.12. The summed E-state index contributed by atoms with van der Waals surface area (Å²) in [7, 11) is 0. The molecule has 0 spiro atoms. The van der Waals surface area contributed by atoms with Crippen molar-refractivity contribution < 1.29 is 4.79 Å². The number of H-pyrrole nitrogens is 1. The average molecular weight is 322 g/mol. The van der Waals surface area contributed by atoms with Crippen molar-refractivity contribution in [1.29, 1.82) is 0 Å². The normalized spacial score (nSPS) is 11.6. The van der Waals surface area contributed by atoms with Crippen LogP contribution >= 0.6 is 0 Å². The molecule has 0 bridgehead atoms. The van der Waals surface area contributed by atoms with Crippen LogP contribution in [0.4, 0.5) is 5.69 Å². The number of pyridine rings is 1. The van der Waals surface area contributed by atoms with Crippen LogP contribution in [0.2, 0.25) is 0 Å². The number of nitrogens with zero attached hydrogens (tertiary/aromatic N) is 4. The van der Waals surface area contributed by atoms with E-state index in [1.165, 1.54) is 4.40 Å². The van der Waals surface area contributed by atoms with Crippen molar-refractivity contribution in [1.82, 2.24) is 24.8 Å². The van der Waals surface area contributed by atoms with Gasteiger partial charge in [-0.15, -0.1) is 5.10 Å². The third kappa shape index (κ3) is 2.11. The van der Waals surface area contributed by atoms with Crippen molar-refractivity contribution in [2.24, 2.45) is 5.92 Å². The van der Waals surface area contributed by atoms with Gasteiger partial charge in [0, 0.05) is 11.6 Å². The third-order valence-corrected chi connectivity index (χ3v) is 3.84. The minimum absolute atomic E-state index is 0.109. The first kappa shape index (κ1) is 14.3. The van der Waals surface area contributed by atoms with E-state index in [9.17, 15) is 9.59 Å². The molecule has 120 valence electrons. The second kappa shape index (κ2) is 5.12. The second-order valence-electron chi connectivity index (χ2n) is 5.85. The fourth-order valence-corrected chi connectivity index (χ4v) is 2.55. The number of carbonyl (C=O) groups is 1. The zero-order valence-electron chi connectivity index (χ0n) is 13.1. The number of anilines is 1. The summed E-state index contributed by atoms with van der Waals surface area (Å²) >= 11 is 0. The van der Waals surface area contributed by atoms with E-state index in [4.69, 9.17) is 0 Å². The van der Waals surface area contributed by atoms with Gasteiger partial charge in [-0.05, 0) is 30.3 Å². The number of rotatable bonds is 2. The minimum atomic E-state index is -0.254. The number of hydrogen-bond donors (Lipinski definition) is 2. The van der Waals surface area contributed by atoms with Gasteiger partial charge in [0.1, 0.15) is 11.2 Å². The lowest BCUT2D eigenvalue weighted by molar-refractivity contribution is -0.118. The molecule has 0 aliphatic carbocycles. The van der Waals surface area contributed by atoms with Crippen LogP contribution in [-0.4, -0.2) is 30.7 Å². The Balaban J connectivity index is 1.98. The van der Waals surface area contributed by atoms with E-state index in [-0.39, 0.29) is 17.4 Å². The van der Waals surface area contributed by atoms with Crippen molar-refractivity contribution in [3.05, 3.63) is 40.7 Å². The topological polar surface area (TPSA) is 105 Å². The van der Waals surface area contributed by atoms with Crippen molar-refractivity contribution >= 4 is 39.3 Å². The van der Waals surface area contributed by atoms with Crippen LogP contribution < -0.4 is 10.9 Å². The molecule has 0 saturated heterocycles.